The van der Waals surface area contributed by atoms with Crippen LogP contribution in [0.3, 0.4) is 0 Å². The van der Waals surface area contributed by atoms with Crippen molar-refractivity contribution in [2.45, 2.75) is 10.2 Å². The maximum Gasteiger partial charge on any atom is 0.362 e. The number of fused-ring (bicyclic) bond motifs is 1. The van der Waals surface area contributed by atoms with Gasteiger partial charge in [-0.05, 0) is 22.8 Å². The summed E-state index contributed by atoms with van der Waals surface area (Å²) in [6, 6.07) is 14.7. The van der Waals surface area contributed by atoms with E-state index in [-0.39, 0.29) is 10.8 Å². The van der Waals surface area contributed by atoms with Crippen LogP contribution in [-0.4, -0.2) is 29.5 Å². The van der Waals surface area contributed by atoms with Gasteiger partial charge in [-0.15, -0.1) is 5.10 Å². The van der Waals surface area contributed by atoms with E-state index in [1.165, 1.54) is 4.40 Å². The van der Waals surface area contributed by atoms with Crippen LogP contribution in [-0.2, 0) is 0 Å². The van der Waals surface area contributed by atoms with Crippen molar-refractivity contribution in [1.82, 2.24) is 24.6 Å². The van der Waals surface area contributed by atoms with E-state index in [0.717, 1.165) is 17.3 Å². The summed E-state index contributed by atoms with van der Waals surface area (Å²) in [5.41, 5.74) is 1.40. The highest BCUT2D eigenvalue weighted by Crippen LogP contribution is 2.33. The van der Waals surface area contributed by atoms with E-state index in [2.05, 4.69) is 20.2 Å². The maximum absolute atomic E-state index is 11.4. The number of hydrogen-bond acceptors (Lipinski definition) is 6. The predicted octanol–water partition coefficient (Wildman–Crippen LogP) is 3.18. The molecule has 0 saturated heterocycles. The van der Waals surface area contributed by atoms with E-state index in [4.69, 9.17) is 0 Å². The molecule has 0 amide bonds. The van der Waals surface area contributed by atoms with Crippen LogP contribution in [0, 0.1) is 10.1 Å². The summed E-state index contributed by atoms with van der Waals surface area (Å²) in [5.74, 6) is 0.506. The van der Waals surface area contributed by atoms with Crippen molar-refractivity contribution >= 4 is 23.2 Å². The predicted molar refractivity (Wildman–Crippen MR) is 87.8 cm³/mol. The molecule has 4 aromatic rings. The Morgan fingerprint density at radius 3 is 2.67 bits per heavy atom. The highest BCUT2D eigenvalue weighted by Gasteiger charge is 2.24. The first-order valence-electron chi connectivity index (χ1n) is 6.99. The minimum atomic E-state index is -0.451. The largest absolute Gasteiger partial charge is 0.362 e. The number of benzene rings is 1. The maximum atomic E-state index is 11.4. The summed E-state index contributed by atoms with van der Waals surface area (Å²) in [7, 11) is 0. The van der Waals surface area contributed by atoms with Gasteiger partial charge in [0.25, 0.3) is 0 Å². The van der Waals surface area contributed by atoms with E-state index in [0.29, 0.717) is 16.6 Å². The second-order valence-corrected chi connectivity index (χ2v) is 5.82. The Morgan fingerprint density at radius 2 is 1.88 bits per heavy atom. The van der Waals surface area contributed by atoms with Crippen molar-refractivity contribution in [3.05, 3.63) is 64.8 Å². The number of pyridine rings is 1. The Kier molecular flexibility index (Phi) is 3.47. The third kappa shape index (κ3) is 2.50. The van der Waals surface area contributed by atoms with Crippen molar-refractivity contribution in [2.75, 3.05) is 0 Å². The smallest absolute Gasteiger partial charge is 0.358 e. The van der Waals surface area contributed by atoms with Crippen molar-refractivity contribution in [3.63, 3.8) is 0 Å². The van der Waals surface area contributed by atoms with E-state index in [1.54, 1.807) is 24.4 Å². The van der Waals surface area contributed by atoms with Gasteiger partial charge < -0.3 is 10.1 Å². The Morgan fingerprint density at radius 1 is 1.08 bits per heavy atom. The number of aromatic amines is 1. The molecule has 24 heavy (non-hydrogen) atoms. The van der Waals surface area contributed by atoms with Crippen LogP contribution in [0.25, 0.3) is 17.0 Å². The van der Waals surface area contributed by atoms with Crippen LogP contribution < -0.4 is 0 Å². The van der Waals surface area contributed by atoms with Gasteiger partial charge >= 0.3 is 5.82 Å². The van der Waals surface area contributed by atoms with Gasteiger partial charge in [0.2, 0.25) is 15.8 Å². The zero-order chi connectivity index (χ0) is 16.5. The Hall–Kier alpha value is -3.20. The van der Waals surface area contributed by atoms with Crippen molar-refractivity contribution in [2.24, 2.45) is 0 Å². The summed E-state index contributed by atoms with van der Waals surface area (Å²) in [6.45, 7) is 0. The Bertz CT molecular complexity index is 1030. The standard InChI is InChI=1S/C15H10N6O2S/c22-21(23)14-13(16-11-8-4-5-9-20(11)14)24-15-17-12(18-19-15)10-6-2-1-3-7-10/h1-9H,(H,17,18,19). The zero-order valence-electron chi connectivity index (χ0n) is 12.2. The molecule has 3 heterocycles. The fraction of sp³-hybridized carbons (Fsp3) is 0. The lowest BCUT2D eigenvalue weighted by Gasteiger charge is -1.95. The lowest BCUT2D eigenvalue weighted by molar-refractivity contribution is -0.393. The summed E-state index contributed by atoms with van der Waals surface area (Å²) in [6.07, 6.45) is 1.61. The molecule has 0 aliphatic carbocycles. The van der Waals surface area contributed by atoms with Crippen molar-refractivity contribution in [3.8, 4) is 11.4 Å². The number of aromatic nitrogens is 5. The number of nitrogens with zero attached hydrogens (tertiary/aromatic N) is 5. The van der Waals surface area contributed by atoms with Gasteiger partial charge in [-0.3, -0.25) is 5.10 Å². The Labute approximate surface area is 139 Å². The van der Waals surface area contributed by atoms with Crippen LogP contribution >= 0.6 is 11.8 Å². The van der Waals surface area contributed by atoms with E-state index < -0.39 is 4.92 Å². The van der Waals surface area contributed by atoms with Crippen molar-refractivity contribution < 1.29 is 4.92 Å². The molecule has 0 aliphatic rings. The molecule has 4 rings (SSSR count). The normalized spacial score (nSPS) is 11.0. The van der Waals surface area contributed by atoms with Crippen LogP contribution in [0.5, 0.6) is 0 Å². The molecule has 0 bridgehead atoms. The first-order valence-corrected chi connectivity index (χ1v) is 7.81. The lowest BCUT2D eigenvalue weighted by atomic mass is 10.2. The second-order valence-electron chi connectivity index (χ2n) is 4.86. The summed E-state index contributed by atoms with van der Waals surface area (Å²) in [5, 5.41) is 19.0. The van der Waals surface area contributed by atoms with Gasteiger partial charge in [-0.25, -0.2) is 4.98 Å². The summed E-state index contributed by atoms with van der Waals surface area (Å²) >= 11 is 1.06. The molecule has 0 unspecified atom stereocenters. The molecule has 3 aromatic heterocycles. The average Bonchev–Trinajstić information content (AvgIpc) is 3.20. The number of imidazole rings is 1. The molecule has 0 fully saturated rings. The number of hydrogen-bond donors (Lipinski definition) is 1. The van der Waals surface area contributed by atoms with Crippen LogP contribution in [0.2, 0.25) is 0 Å². The minimum Gasteiger partial charge on any atom is -0.358 e. The molecule has 0 spiro atoms. The molecule has 0 radical (unpaired) electrons. The highest BCUT2D eigenvalue weighted by atomic mass is 32.2. The first kappa shape index (κ1) is 14.4. The van der Waals surface area contributed by atoms with Gasteiger partial charge in [-0.1, -0.05) is 36.4 Å². The molecule has 0 aliphatic heterocycles. The number of rotatable bonds is 4. The third-order valence-corrected chi connectivity index (χ3v) is 4.18. The molecule has 118 valence electrons. The molecule has 1 N–H and O–H groups in total. The topological polar surface area (TPSA) is 102 Å². The fourth-order valence-electron chi connectivity index (χ4n) is 2.30. The second kappa shape index (κ2) is 5.78. The van der Waals surface area contributed by atoms with Gasteiger partial charge in [-0.2, -0.15) is 9.38 Å². The van der Waals surface area contributed by atoms with Gasteiger partial charge in [0.1, 0.15) is 0 Å². The number of H-pyrrole nitrogens is 1. The Balaban J connectivity index is 1.71. The minimum absolute atomic E-state index is 0.0957. The molecular weight excluding hydrogens is 328 g/mol. The number of nitrogens with one attached hydrogen (secondary N) is 1. The monoisotopic (exact) mass is 338 g/mol. The van der Waals surface area contributed by atoms with Gasteiger partial charge in [0.05, 0.1) is 6.20 Å². The van der Waals surface area contributed by atoms with Crippen molar-refractivity contribution in [1.29, 1.82) is 0 Å². The molecule has 9 heteroatoms. The number of nitro groups is 1. The highest BCUT2D eigenvalue weighted by molar-refractivity contribution is 7.99. The van der Waals surface area contributed by atoms with E-state index in [9.17, 15) is 10.1 Å². The third-order valence-electron chi connectivity index (χ3n) is 3.35. The van der Waals surface area contributed by atoms with Gasteiger partial charge in [0, 0.05) is 11.6 Å². The van der Waals surface area contributed by atoms with Crippen LogP contribution in [0.15, 0.2) is 64.9 Å². The summed E-state index contributed by atoms with van der Waals surface area (Å²) in [4.78, 5) is 19.6. The summed E-state index contributed by atoms with van der Waals surface area (Å²) < 4.78 is 1.44. The van der Waals surface area contributed by atoms with Gasteiger partial charge in [0.15, 0.2) is 5.82 Å². The van der Waals surface area contributed by atoms with E-state index in [1.807, 2.05) is 30.3 Å². The first-order chi connectivity index (χ1) is 11.7. The zero-order valence-corrected chi connectivity index (χ0v) is 13.0. The van der Waals surface area contributed by atoms with Crippen LogP contribution in [0.4, 0.5) is 5.82 Å². The fourth-order valence-corrected chi connectivity index (χ4v) is 3.10. The molecule has 0 saturated carbocycles. The molecule has 8 nitrogen and oxygen atoms in total. The molecule has 0 atom stereocenters. The average molecular weight is 338 g/mol. The van der Waals surface area contributed by atoms with E-state index >= 15 is 0 Å². The molecule has 1 aromatic carbocycles. The van der Waals surface area contributed by atoms with Crippen LogP contribution in [0.1, 0.15) is 0 Å². The lowest BCUT2D eigenvalue weighted by Crippen LogP contribution is -1.94. The SMILES string of the molecule is O=[N+]([O-])c1c(Sc2n[nH]c(-c3ccccc3)n2)nc2ccccn12. The quantitative estimate of drug-likeness (QED) is 0.453. The molecular formula is C15H10N6O2S.